The van der Waals surface area contributed by atoms with Gasteiger partial charge in [0.05, 0.1) is 7.11 Å². The highest BCUT2D eigenvalue weighted by Crippen LogP contribution is 2.48. The molecule has 0 spiro atoms. The molecule has 1 saturated heterocycles. The molecule has 2 aromatic rings. The predicted octanol–water partition coefficient (Wildman–Crippen LogP) is 2.92. The van der Waals surface area contributed by atoms with Crippen molar-refractivity contribution in [3.05, 3.63) is 65.5 Å². The fourth-order valence-electron chi connectivity index (χ4n) is 3.85. The van der Waals surface area contributed by atoms with Gasteiger partial charge >= 0.3 is 0 Å². The Kier molecular flexibility index (Phi) is 5.03. The number of piperazine rings is 1. The summed E-state index contributed by atoms with van der Waals surface area (Å²) in [5.74, 6) is 0.657. The molecule has 1 aliphatic carbocycles. The van der Waals surface area contributed by atoms with Crippen molar-refractivity contribution >= 4 is 11.8 Å². The lowest BCUT2D eigenvalue weighted by molar-refractivity contribution is -0.134. The Morgan fingerprint density at radius 2 is 1.68 bits per heavy atom. The predicted molar refractivity (Wildman–Crippen MR) is 103 cm³/mol. The van der Waals surface area contributed by atoms with Gasteiger partial charge in [-0.3, -0.25) is 9.59 Å². The van der Waals surface area contributed by atoms with Crippen LogP contribution in [0.3, 0.4) is 0 Å². The third-order valence-corrected chi connectivity index (χ3v) is 5.60. The first kappa shape index (κ1) is 18.5. The van der Waals surface area contributed by atoms with Gasteiger partial charge in [0, 0.05) is 37.7 Å². The molecule has 1 heterocycles. The number of halogens is 1. The van der Waals surface area contributed by atoms with Crippen LogP contribution in [0.15, 0.2) is 48.5 Å². The molecule has 2 fully saturated rings. The molecule has 5 nitrogen and oxygen atoms in total. The normalized spacial score (nSPS) is 21.4. The summed E-state index contributed by atoms with van der Waals surface area (Å²) in [4.78, 5) is 29.1. The van der Waals surface area contributed by atoms with Crippen LogP contribution in [0.25, 0.3) is 0 Å². The summed E-state index contributed by atoms with van der Waals surface area (Å²) in [6, 6.07) is 13.5. The van der Waals surface area contributed by atoms with E-state index in [4.69, 9.17) is 4.74 Å². The summed E-state index contributed by atoms with van der Waals surface area (Å²) < 4.78 is 18.3. The maximum Gasteiger partial charge on any atom is 0.254 e. The first-order valence-electron chi connectivity index (χ1n) is 9.54. The highest BCUT2D eigenvalue weighted by Gasteiger charge is 2.46. The van der Waals surface area contributed by atoms with Gasteiger partial charge in [-0.05, 0) is 48.2 Å². The summed E-state index contributed by atoms with van der Waals surface area (Å²) in [5.41, 5.74) is 1.62. The highest BCUT2D eigenvalue weighted by molar-refractivity contribution is 5.95. The molecule has 2 aliphatic rings. The lowest BCUT2D eigenvalue weighted by Crippen LogP contribution is -2.51. The van der Waals surface area contributed by atoms with E-state index in [1.807, 2.05) is 4.90 Å². The maximum atomic E-state index is 13.1. The van der Waals surface area contributed by atoms with Gasteiger partial charge in [0.2, 0.25) is 5.91 Å². The quantitative estimate of drug-likeness (QED) is 0.817. The third kappa shape index (κ3) is 3.72. The lowest BCUT2D eigenvalue weighted by Gasteiger charge is -2.35. The van der Waals surface area contributed by atoms with Gasteiger partial charge in [0.15, 0.2) is 0 Å². The van der Waals surface area contributed by atoms with Crippen LogP contribution in [0.5, 0.6) is 5.75 Å². The first-order valence-corrected chi connectivity index (χ1v) is 9.54. The summed E-state index contributed by atoms with van der Waals surface area (Å²) in [7, 11) is 1.57. The SMILES string of the molecule is COc1cccc(C(=O)N2CCN(C(=O)C3CC3c3ccc(F)cc3)CC2)c1. The first-order chi connectivity index (χ1) is 13.6. The van der Waals surface area contributed by atoms with Crippen molar-refractivity contribution < 1.29 is 18.7 Å². The summed E-state index contributed by atoms with van der Waals surface area (Å²) in [6.07, 6.45) is 0.813. The van der Waals surface area contributed by atoms with Crippen molar-refractivity contribution in [2.24, 2.45) is 5.92 Å². The van der Waals surface area contributed by atoms with E-state index in [0.29, 0.717) is 37.5 Å². The van der Waals surface area contributed by atoms with Crippen molar-refractivity contribution in [3.8, 4) is 5.75 Å². The van der Waals surface area contributed by atoms with E-state index in [2.05, 4.69) is 0 Å². The number of hydrogen-bond acceptors (Lipinski definition) is 3. The number of benzene rings is 2. The number of ether oxygens (including phenoxy) is 1. The van der Waals surface area contributed by atoms with E-state index >= 15 is 0 Å². The van der Waals surface area contributed by atoms with E-state index in [0.717, 1.165) is 12.0 Å². The Balaban J connectivity index is 1.32. The zero-order valence-electron chi connectivity index (χ0n) is 15.8. The van der Waals surface area contributed by atoms with Crippen LogP contribution < -0.4 is 4.74 Å². The van der Waals surface area contributed by atoms with Crippen molar-refractivity contribution in [3.63, 3.8) is 0 Å². The number of carbonyl (C=O) groups is 2. The minimum absolute atomic E-state index is 0.0221. The number of carbonyl (C=O) groups excluding carboxylic acids is 2. The number of methoxy groups -OCH3 is 1. The number of nitrogens with zero attached hydrogens (tertiary/aromatic N) is 2. The Hall–Kier alpha value is -2.89. The van der Waals surface area contributed by atoms with Gasteiger partial charge in [-0.1, -0.05) is 18.2 Å². The smallest absolute Gasteiger partial charge is 0.254 e. The molecule has 0 bridgehead atoms. The van der Waals surface area contributed by atoms with E-state index in [9.17, 15) is 14.0 Å². The minimum atomic E-state index is -0.260. The van der Waals surface area contributed by atoms with Gasteiger partial charge in [0.25, 0.3) is 5.91 Å². The number of hydrogen-bond donors (Lipinski definition) is 0. The molecule has 2 amide bonds. The molecule has 28 heavy (non-hydrogen) atoms. The van der Waals surface area contributed by atoms with Crippen molar-refractivity contribution in [2.75, 3.05) is 33.3 Å². The van der Waals surface area contributed by atoms with Crippen LogP contribution in [0.1, 0.15) is 28.3 Å². The molecule has 2 unspecified atom stereocenters. The summed E-state index contributed by atoms with van der Waals surface area (Å²) >= 11 is 0. The molecule has 6 heteroatoms. The molecule has 0 radical (unpaired) electrons. The van der Waals surface area contributed by atoms with Crippen LogP contribution in [0.2, 0.25) is 0 Å². The lowest BCUT2D eigenvalue weighted by atomic mass is 10.1. The summed E-state index contributed by atoms with van der Waals surface area (Å²) in [6.45, 7) is 2.13. The third-order valence-electron chi connectivity index (χ3n) is 5.60. The zero-order chi connectivity index (χ0) is 19.7. The van der Waals surface area contributed by atoms with Crippen LogP contribution in [-0.2, 0) is 4.79 Å². The van der Waals surface area contributed by atoms with Gasteiger partial charge in [0.1, 0.15) is 11.6 Å². The Labute approximate surface area is 163 Å². The maximum absolute atomic E-state index is 13.1. The van der Waals surface area contributed by atoms with Crippen molar-refractivity contribution in [2.45, 2.75) is 12.3 Å². The Morgan fingerprint density at radius 3 is 2.36 bits per heavy atom. The molecule has 2 aromatic carbocycles. The average Bonchev–Trinajstić information content (AvgIpc) is 3.54. The fraction of sp³-hybridized carbons (Fsp3) is 0.364. The second-order valence-electron chi connectivity index (χ2n) is 7.35. The second kappa shape index (κ2) is 7.62. The standard InChI is InChI=1S/C22H23FN2O3/c1-28-18-4-2-3-16(13-18)21(26)24-9-11-25(12-10-24)22(27)20-14-19(20)15-5-7-17(23)8-6-15/h2-8,13,19-20H,9-12,14H2,1H3. The van der Waals surface area contributed by atoms with E-state index in [-0.39, 0.29) is 29.5 Å². The van der Waals surface area contributed by atoms with Crippen LogP contribution in [0.4, 0.5) is 4.39 Å². The largest absolute Gasteiger partial charge is 0.497 e. The van der Waals surface area contributed by atoms with E-state index in [1.165, 1.54) is 12.1 Å². The second-order valence-corrected chi connectivity index (χ2v) is 7.35. The molecular weight excluding hydrogens is 359 g/mol. The van der Waals surface area contributed by atoms with Crippen LogP contribution in [-0.4, -0.2) is 54.9 Å². The number of rotatable bonds is 4. The van der Waals surface area contributed by atoms with E-state index in [1.54, 1.807) is 48.4 Å². The van der Waals surface area contributed by atoms with Crippen molar-refractivity contribution in [1.29, 1.82) is 0 Å². The number of amides is 2. The minimum Gasteiger partial charge on any atom is -0.497 e. The van der Waals surface area contributed by atoms with Gasteiger partial charge in [-0.25, -0.2) is 4.39 Å². The van der Waals surface area contributed by atoms with Crippen molar-refractivity contribution in [1.82, 2.24) is 9.80 Å². The highest BCUT2D eigenvalue weighted by atomic mass is 19.1. The molecule has 2 atom stereocenters. The van der Waals surface area contributed by atoms with Gasteiger partial charge in [-0.15, -0.1) is 0 Å². The molecule has 146 valence electrons. The summed E-state index contributed by atoms with van der Waals surface area (Å²) in [5, 5.41) is 0. The average molecular weight is 382 g/mol. The molecule has 1 aliphatic heterocycles. The zero-order valence-corrected chi connectivity index (χ0v) is 15.8. The molecule has 4 rings (SSSR count). The topological polar surface area (TPSA) is 49.9 Å². The molecule has 0 aromatic heterocycles. The van der Waals surface area contributed by atoms with Crippen LogP contribution >= 0.6 is 0 Å². The Morgan fingerprint density at radius 1 is 1.00 bits per heavy atom. The van der Waals surface area contributed by atoms with Gasteiger partial charge in [-0.2, -0.15) is 0 Å². The molecule has 1 saturated carbocycles. The van der Waals surface area contributed by atoms with Gasteiger partial charge < -0.3 is 14.5 Å². The van der Waals surface area contributed by atoms with Crippen LogP contribution in [0, 0.1) is 11.7 Å². The Bertz CT molecular complexity index is 876. The van der Waals surface area contributed by atoms with E-state index < -0.39 is 0 Å². The fourth-order valence-corrected chi connectivity index (χ4v) is 3.85. The molecular formula is C22H23FN2O3. The monoisotopic (exact) mass is 382 g/mol. The molecule has 0 N–H and O–H groups in total.